The van der Waals surface area contributed by atoms with Crippen LogP contribution in [0.25, 0.3) is 11.0 Å². The molecule has 1 heterocycles. The summed E-state index contributed by atoms with van der Waals surface area (Å²) in [5.74, 6) is 0. The number of anilines is 1. The quantitative estimate of drug-likeness (QED) is 0.777. The van der Waals surface area contributed by atoms with Gasteiger partial charge in [0.1, 0.15) is 11.0 Å². The third-order valence-electron chi connectivity index (χ3n) is 3.19. The van der Waals surface area contributed by atoms with Crippen LogP contribution >= 0.6 is 34.9 Å². The first-order chi connectivity index (χ1) is 9.17. The first-order valence-electron chi connectivity index (χ1n) is 6.54. The number of nitrogens with zero attached hydrogens (tertiary/aromatic N) is 2. The molecule has 2 rings (SSSR count). The molecule has 6 heteroatoms. The van der Waals surface area contributed by atoms with Gasteiger partial charge in [-0.05, 0) is 18.9 Å². The lowest BCUT2D eigenvalue weighted by molar-refractivity contribution is 0.594. The first kappa shape index (κ1) is 14.8. The fourth-order valence-corrected chi connectivity index (χ4v) is 3.21. The summed E-state index contributed by atoms with van der Waals surface area (Å²) in [6.45, 7) is 4.37. The van der Waals surface area contributed by atoms with Crippen molar-refractivity contribution in [2.75, 3.05) is 5.32 Å². The normalized spacial score (nSPS) is 12.8. The average Bonchev–Trinajstić information content (AvgIpc) is 2.87. The fraction of sp³-hybridized carbons (Fsp3) is 0.538. The van der Waals surface area contributed by atoms with Crippen LogP contribution in [0.1, 0.15) is 39.5 Å². The summed E-state index contributed by atoms with van der Waals surface area (Å²) < 4.78 is 8.52. The molecule has 0 spiro atoms. The molecular weight excluding hydrogens is 301 g/mol. The van der Waals surface area contributed by atoms with Crippen LogP contribution in [0.15, 0.2) is 6.07 Å². The lowest BCUT2D eigenvalue weighted by Gasteiger charge is -2.19. The predicted molar refractivity (Wildman–Crippen MR) is 84.7 cm³/mol. The lowest BCUT2D eigenvalue weighted by Crippen LogP contribution is -2.18. The van der Waals surface area contributed by atoms with Crippen LogP contribution in [0, 0.1) is 0 Å². The van der Waals surface area contributed by atoms with Crippen molar-refractivity contribution in [1.82, 2.24) is 8.75 Å². The molecule has 1 atom stereocenters. The molecule has 104 valence electrons. The van der Waals surface area contributed by atoms with E-state index in [9.17, 15) is 0 Å². The molecular formula is C13H17Cl2N3S. The molecule has 1 unspecified atom stereocenters. The molecule has 0 saturated heterocycles. The average molecular weight is 318 g/mol. The van der Waals surface area contributed by atoms with E-state index in [4.69, 9.17) is 23.2 Å². The number of halogens is 2. The molecule has 1 N–H and O–H groups in total. The van der Waals surface area contributed by atoms with Crippen LogP contribution in [0.3, 0.4) is 0 Å². The Kier molecular flexibility index (Phi) is 5.25. The third-order valence-corrected chi connectivity index (χ3v) is 4.31. The Hall–Kier alpha value is -0.580. The zero-order valence-electron chi connectivity index (χ0n) is 11.0. The Bertz CT molecular complexity index is 556. The molecule has 3 nitrogen and oxygen atoms in total. The number of rotatable bonds is 6. The van der Waals surface area contributed by atoms with Crippen molar-refractivity contribution in [2.45, 2.75) is 45.6 Å². The van der Waals surface area contributed by atoms with Gasteiger partial charge in [-0.15, -0.1) is 0 Å². The van der Waals surface area contributed by atoms with Crippen molar-refractivity contribution in [1.29, 1.82) is 0 Å². The van der Waals surface area contributed by atoms with E-state index in [1.807, 2.05) is 0 Å². The molecule has 1 aromatic heterocycles. The second-order valence-electron chi connectivity index (χ2n) is 4.57. The van der Waals surface area contributed by atoms with Gasteiger partial charge in [0, 0.05) is 6.04 Å². The van der Waals surface area contributed by atoms with Gasteiger partial charge in [0.2, 0.25) is 0 Å². The number of aromatic nitrogens is 2. The minimum atomic E-state index is 0.406. The van der Waals surface area contributed by atoms with Gasteiger partial charge in [0.05, 0.1) is 27.5 Å². The lowest BCUT2D eigenvalue weighted by atomic mass is 10.1. The summed E-state index contributed by atoms with van der Waals surface area (Å²) in [4.78, 5) is 0. The minimum Gasteiger partial charge on any atom is -0.379 e. The van der Waals surface area contributed by atoms with Crippen molar-refractivity contribution < 1.29 is 0 Å². The van der Waals surface area contributed by atoms with Gasteiger partial charge >= 0.3 is 0 Å². The van der Waals surface area contributed by atoms with E-state index >= 15 is 0 Å². The second kappa shape index (κ2) is 6.73. The number of hydrogen-bond acceptors (Lipinski definition) is 4. The third kappa shape index (κ3) is 3.30. The van der Waals surface area contributed by atoms with E-state index in [-0.39, 0.29) is 0 Å². The highest BCUT2D eigenvalue weighted by atomic mass is 35.5. The van der Waals surface area contributed by atoms with Crippen molar-refractivity contribution >= 4 is 51.7 Å². The Labute approximate surface area is 127 Å². The maximum Gasteiger partial charge on any atom is 0.130 e. The highest BCUT2D eigenvalue weighted by Gasteiger charge is 2.16. The number of unbranched alkanes of at least 4 members (excludes halogenated alkanes) is 1. The largest absolute Gasteiger partial charge is 0.379 e. The zero-order valence-corrected chi connectivity index (χ0v) is 13.4. The molecule has 1 aromatic carbocycles. The van der Waals surface area contributed by atoms with Crippen LogP contribution in [0.4, 0.5) is 5.69 Å². The molecule has 0 bridgehead atoms. The summed E-state index contributed by atoms with van der Waals surface area (Å²) >= 11 is 13.6. The molecule has 0 fully saturated rings. The molecule has 0 saturated carbocycles. The predicted octanol–water partition coefficient (Wildman–Crippen LogP) is 5.38. The maximum absolute atomic E-state index is 6.29. The SMILES string of the molecule is CCCCC(CC)Nc1c(Cl)cc(Cl)c2nsnc12. The minimum absolute atomic E-state index is 0.406. The molecule has 0 aliphatic rings. The first-order valence-corrected chi connectivity index (χ1v) is 8.02. The Morgan fingerprint density at radius 2 is 1.95 bits per heavy atom. The van der Waals surface area contributed by atoms with Crippen molar-refractivity contribution in [3.63, 3.8) is 0 Å². The molecule has 19 heavy (non-hydrogen) atoms. The van der Waals surface area contributed by atoms with Gasteiger partial charge in [-0.1, -0.05) is 49.9 Å². The standard InChI is InChI=1S/C13H17Cl2N3S/c1-3-5-6-8(4-2)16-11-9(14)7-10(15)12-13(11)18-19-17-12/h7-8,16H,3-6H2,1-2H3. The molecule has 2 aromatic rings. The summed E-state index contributed by atoms with van der Waals surface area (Å²) in [5, 5.41) is 4.67. The molecule has 0 radical (unpaired) electrons. The van der Waals surface area contributed by atoms with Gasteiger partial charge < -0.3 is 5.32 Å². The topological polar surface area (TPSA) is 37.8 Å². The molecule has 0 aliphatic heterocycles. The number of nitrogens with one attached hydrogen (secondary N) is 1. The van der Waals surface area contributed by atoms with E-state index in [1.165, 1.54) is 12.8 Å². The summed E-state index contributed by atoms with van der Waals surface area (Å²) in [7, 11) is 0. The number of fused-ring (bicyclic) bond motifs is 1. The van der Waals surface area contributed by atoms with Crippen molar-refractivity contribution in [2.24, 2.45) is 0 Å². The monoisotopic (exact) mass is 317 g/mol. The van der Waals surface area contributed by atoms with E-state index in [1.54, 1.807) is 6.07 Å². The number of hydrogen-bond donors (Lipinski definition) is 1. The fourth-order valence-electron chi connectivity index (χ4n) is 2.04. The molecule has 0 aliphatic carbocycles. The summed E-state index contributed by atoms with van der Waals surface area (Å²) in [6, 6.07) is 2.14. The van der Waals surface area contributed by atoms with Crippen LogP contribution in [-0.4, -0.2) is 14.8 Å². The van der Waals surface area contributed by atoms with Gasteiger partial charge in [-0.25, -0.2) is 0 Å². The van der Waals surface area contributed by atoms with E-state index in [0.717, 1.165) is 41.3 Å². The highest BCUT2D eigenvalue weighted by Crippen LogP contribution is 2.36. The van der Waals surface area contributed by atoms with E-state index < -0.39 is 0 Å². The summed E-state index contributed by atoms with van der Waals surface area (Å²) in [5.41, 5.74) is 2.36. The van der Waals surface area contributed by atoms with E-state index in [2.05, 4.69) is 27.9 Å². The van der Waals surface area contributed by atoms with Gasteiger partial charge in [-0.2, -0.15) is 8.75 Å². The Morgan fingerprint density at radius 1 is 1.21 bits per heavy atom. The van der Waals surface area contributed by atoms with Crippen molar-refractivity contribution in [3.8, 4) is 0 Å². The van der Waals surface area contributed by atoms with Crippen LogP contribution < -0.4 is 5.32 Å². The Balaban J connectivity index is 2.31. The van der Waals surface area contributed by atoms with Gasteiger partial charge in [0.25, 0.3) is 0 Å². The van der Waals surface area contributed by atoms with E-state index in [0.29, 0.717) is 16.1 Å². The van der Waals surface area contributed by atoms with Gasteiger partial charge in [-0.3, -0.25) is 0 Å². The van der Waals surface area contributed by atoms with Crippen LogP contribution in [0.2, 0.25) is 10.0 Å². The highest BCUT2D eigenvalue weighted by molar-refractivity contribution is 7.00. The van der Waals surface area contributed by atoms with Crippen molar-refractivity contribution in [3.05, 3.63) is 16.1 Å². The maximum atomic E-state index is 6.29. The summed E-state index contributed by atoms with van der Waals surface area (Å²) in [6.07, 6.45) is 4.58. The van der Waals surface area contributed by atoms with Crippen LogP contribution in [-0.2, 0) is 0 Å². The number of benzene rings is 1. The second-order valence-corrected chi connectivity index (χ2v) is 5.91. The van der Waals surface area contributed by atoms with Crippen LogP contribution in [0.5, 0.6) is 0 Å². The smallest absolute Gasteiger partial charge is 0.130 e. The Morgan fingerprint density at radius 3 is 2.63 bits per heavy atom. The zero-order chi connectivity index (χ0) is 13.8. The van der Waals surface area contributed by atoms with Gasteiger partial charge in [0.15, 0.2) is 0 Å². The molecule has 0 amide bonds.